The normalized spacial score (nSPS) is 11.1. The molecule has 0 aliphatic carbocycles. The van der Waals surface area contributed by atoms with E-state index in [1.807, 2.05) is 0 Å². The monoisotopic (exact) mass is 352 g/mol. The summed E-state index contributed by atoms with van der Waals surface area (Å²) in [6, 6.07) is 11.8. The second-order valence-corrected chi connectivity index (χ2v) is 7.05. The summed E-state index contributed by atoms with van der Waals surface area (Å²) in [5, 5.41) is 0. The van der Waals surface area contributed by atoms with Crippen LogP contribution in [0.4, 0.5) is 10.1 Å². The Balaban J connectivity index is 2.22. The van der Waals surface area contributed by atoms with E-state index >= 15 is 0 Å². The number of benzene rings is 2. The van der Waals surface area contributed by atoms with Crippen molar-refractivity contribution in [2.24, 2.45) is 5.73 Å². The number of nitrogens with two attached hydrogens (primary N) is 1. The van der Waals surface area contributed by atoms with Crippen molar-refractivity contribution >= 4 is 21.6 Å². The third kappa shape index (κ3) is 4.95. The fourth-order valence-corrected chi connectivity index (χ4v) is 2.91. The largest absolute Gasteiger partial charge is 0.484 e. The summed E-state index contributed by atoms with van der Waals surface area (Å²) >= 11 is 0. The predicted octanol–water partition coefficient (Wildman–Crippen LogP) is 1.66. The zero-order chi connectivity index (χ0) is 17.7. The minimum Gasteiger partial charge on any atom is -0.484 e. The van der Waals surface area contributed by atoms with Gasteiger partial charge in [-0.25, -0.2) is 12.8 Å². The summed E-state index contributed by atoms with van der Waals surface area (Å²) in [6.45, 7) is -0.189. The number of hydrogen-bond acceptors (Lipinski definition) is 4. The summed E-state index contributed by atoms with van der Waals surface area (Å²) in [4.78, 5) is 10.7. The lowest BCUT2D eigenvalue weighted by atomic mass is 10.2. The Kier molecular flexibility index (Phi) is 5.40. The number of carbonyl (C=O) groups is 1. The number of ether oxygens (including phenoxy) is 1. The molecule has 0 aromatic heterocycles. The van der Waals surface area contributed by atoms with E-state index < -0.39 is 15.9 Å². The van der Waals surface area contributed by atoms with Crippen LogP contribution in [0, 0.1) is 5.82 Å². The van der Waals surface area contributed by atoms with Crippen molar-refractivity contribution in [3.05, 3.63) is 59.9 Å². The van der Waals surface area contributed by atoms with Crippen molar-refractivity contribution < 1.29 is 22.3 Å². The number of nitrogens with zero attached hydrogens (tertiary/aromatic N) is 1. The van der Waals surface area contributed by atoms with Crippen molar-refractivity contribution in [3.8, 4) is 5.75 Å². The maximum absolute atomic E-state index is 13.0. The van der Waals surface area contributed by atoms with Crippen LogP contribution in [0.2, 0.25) is 0 Å². The number of primary amides is 1. The highest BCUT2D eigenvalue weighted by Crippen LogP contribution is 2.23. The molecule has 2 N–H and O–H groups in total. The van der Waals surface area contributed by atoms with Crippen LogP contribution in [-0.2, 0) is 21.4 Å². The van der Waals surface area contributed by atoms with Crippen LogP contribution in [0.3, 0.4) is 0 Å². The van der Waals surface area contributed by atoms with Crippen LogP contribution in [0.25, 0.3) is 0 Å². The Labute approximate surface area is 139 Å². The van der Waals surface area contributed by atoms with Crippen molar-refractivity contribution in [2.75, 3.05) is 17.2 Å². The second-order valence-electron chi connectivity index (χ2n) is 5.14. The van der Waals surface area contributed by atoms with Gasteiger partial charge in [0.15, 0.2) is 6.61 Å². The molecular formula is C16H17FN2O4S. The van der Waals surface area contributed by atoms with Crippen molar-refractivity contribution in [1.29, 1.82) is 0 Å². The Morgan fingerprint density at radius 1 is 1.12 bits per heavy atom. The van der Waals surface area contributed by atoms with E-state index in [9.17, 15) is 17.6 Å². The lowest BCUT2D eigenvalue weighted by Gasteiger charge is -2.22. The second kappa shape index (κ2) is 7.31. The Bertz CT molecular complexity index is 805. The zero-order valence-electron chi connectivity index (χ0n) is 13.0. The quantitative estimate of drug-likeness (QED) is 0.820. The SMILES string of the molecule is CS(=O)(=O)N(Cc1ccc(F)cc1)c1ccc(OCC(N)=O)cc1. The van der Waals surface area contributed by atoms with Crippen LogP contribution >= 0.6 is 0 Å². The van der Waals surface area contributed by atoms with Crippen molar-refractivity contribution in [2.45, 2.75) is 6.54 Å². The van der Waals surface area contributed by atoms with Gasteiger partial charge in [0.1, 0.15) is 11.6 Å². The highest BCUT2D eigenvalue weighted by Gasteiger charge is 2.18. The molecule has 0 spiro atoms. The van der Waals surface area contributed by atoms with E-state index in [-0.39, 0.29) is 19.0 Å². The molecule has 24 heavy (non-hydrogen) atoms. The van der Waals surface area contributed by atoms with Crippen LogP contribution in [0.5, 0.6) is 5.75 Å². The molecule has 6 nitrogen and oxygen atoms in total. The molecule has 2 aromatic carbocycles. The molecule has 128 valence electrons. The highest BCUT2D eigenvalue weighted by atomic mass is 32.2. The van der Waals surface area contributed by atoms with Crippen LogP contribution in [0.1, 0.15) is 5.56 Å². The summed E-state index contributed by atoms with van der Waals surface area (Å²) < 4.78 is 43.4. The summed E-state index contributed by atoms with van der Waals surface area (Å²) in [5.74, 6) is -0.596. The van der Waals surface area contributed by atoms with E-state index in [0.717, 1.165) is 6.26 Å². The summed E-state index contributed by atoms with van der Waals surface area (Å²) in [6.07, 6.45) is 1.09. The third-order valence-electron chi connectivity index (χ3n) is 3.15. The predicted molar refractivity (Wildman–Crippen MR) is 88.6 cm³/mol. The average molecular weight is 352 g/mol. The first-order valence-corrected chi connectivity index (χ1v) is 8.84. The van der Waals surface area contributed by atoms with Gasteiger partial charge in [0, 0.05) is 0 Å². The molecule has 0 bridgehead atoms. The zero-order valence-corrected chi connectivity index (χ0v) is 13.8. The lowest BCUT2D eigenvalue weighted by Crippen LogP contribution is -2.29. The van der Waals surface area contributed by atoms with Gasteiger partial charge in [-0.3, -0.25) is 9.10 Å². The fraction of sp³-hybridized carbons (Fsp3) is 0.188. The van der Waals surface area contributed by atoms with Gasteiger partial charge < -0.3 is 10.5 Å². The van der Waals surface area contributed by atoms with Crippen molar-refractivity contribution in [1.82, 2.24) is 0 Å². The molecule has 0 saturated heterocycles. The fourth-order valence-electron chi connectivity index (χ4n) is 2.02. The van der Waals surface area contributed by atoms with E-state index in [2.05, 4.69) is 0 Å². The molecule has 0 atom stereocenters. The molecule has 0 aliphatic rings. The molecule has 2 aromatic rings. The van der Waals surface area contributed by atoms with Crippen molar-refractivity contribution in [3.63, 3.8) is 0 Å². The van der Waals surface area contributed by atoms with Crippen LogP contribution in [-0.4, -0.2) is 27.2 Å². The lowest BCUT2D eigenvalue weighted by molar-refractivity contribution is -0.119. The minimum atomic E-state index is -3.54. The third-order valence-corrected chi connectivity index (χ3v) is 4.29. The first-order chi connectivity index (χ1) is 11.3. The summed E-state index contributed by atoms with van der Waals surface area (Å²) in [5.41, 5.74) is 6.07. The molecule has 0 aliphatic heterocycles. The first-order valence-electron chi connectivity index (χ1n) is 6.99. The maximum atomic E-state index is 13.0. The molecule has 1 amide bonds. The van der Waals surface area contributed by atoms with Gasteiger partial charge in [-0.2, -0.15) is 0 Å². The number of hydrogen-bond donors (Lipinski definition) is 1. The number of sulfonamides is 1. The number of anilines is 1. The average Bonchev–Trinajstić information content (AvgIpc) is 2.52. The smallest absolute Gasteiger partial charge is 0.255 e. The minimum absolute atomic E-state index is 0.0700. The van der Waals surface area contributed by atoms with Gasteiger partial charge in [0.2, 0.25) is 10.0 Å². The molecule has 0 saturated carbocycles. The highest BCUT2D eigenvalue weighted by molar-refractivity contribution is 7.92. The van der Waals surface area contributed by atoms with E-state index in [1.165, 1.54) is 28.6 Å². The van der Waals surface area contributed by atoms with E-state index in [0.29, 0.717) is 17.0 Å². The maximum Gasteiger partial charge on any atom is 0.255 e. The van der Waals surface area contributed by atoms with Gasteiger partial charge in [-0.05, 0) is 42.0 Å². The van der Waals surface area contributed by atoms with Gasteiger partial charge in [-0.15, -0.1) is 0 Å². The molecule has 0 radical (unpaired) electrons. The van der Waals surface area contributed by atoms with Gasteiger partial charge in [-0.1, -0.05) is 12.1 Å². The van der Waals surface area contributed by atoms with E-state index in [4.69, 9.17) is 10.5 Å². The first kappa shape index (κ1) is 17.7. The molecule has 0 unspecified atom stereocenters. The molecular weight excluding hydrogens is 335 g/mol. The number of amides is 1. The summed E-state index contributed by atoms with van der Waals surface area (Å²) in [7, 11) is -3.54. The Hall–Kier alpha value is -2.61. The van der Waals surface area contributed by atoms with Crippen LogP contribution < -0.4 is 14.8 Å². The van der Waals surface area contributed by atoms with Gasteiger partial charge in [0.25, 0.3) is 5.91 Å². The van der Waals surface area contributed by atoms with Gasteiger partial charge >= 0.3 is 0 Å². The molecule has 0 fully saturated rings. The van der Waals surface area contributed by atoms with Gasteiger partial charge in [0.05, 0.1) is 18.5 Å². The number of rotatable bonds is 7. The molecule has 8 heteroatoms. The Morgan fingerprint density at radius 2 is 1.71 bits per heavy atom. The number of carbonyl (C=O) groups excluding carboxylic acids is 1. The van der Waals surface area contributed by atoms with E-state index in [1.54, 1.807) is 24.3 Å². The van der Waals surface area contributed by atoms with Crippen LogP contribution in [0.15, 0.2) is 48.5 Å². The molecule has 0 heterocycles. The Morgan fingerprint density at radius 3 is 2.21 bits per heavy atom. The topological polar surface area (TPSA) is 89.7 Å². The standard InChI is InChI=1S/C16H17FN2O4S/c1-24(21,22)19(10-12-2-4-13(17)5-3-12)14-6-8-15(9-7-14)23-11-16(18)20/h2-9H,10-11H2,1H3,(H2,18,20). The number of halogens is 1. The molecule has 2 rings (SSSR count).